The summed E-state index contributed by atoms with van der Waals surface area (Å²) in [4.78, 5) is 29.0. The highest BCUT2D eigenvalue weighted by atomic mass is 16.5. The fraction of sp³-hybridized carbons (Fsp3) is 0.125. The third kappa shape index (κ3) is 3.80. The molecule has 1 aliphatic heterocycles. The number of allylic oxidation sites excluding steroid dienone is 1. The summed E-state index contributed by atoms with van der Waals surface area (Å²) in [5, 5.41) is 0. The van der Waals surface area contributed by atoms with Gasteiger partial charge < -0.3 is 14.2 Å². The second-order valence-electron chi connectivity index (χ2n) is 6.63. The lowest BCUT2D eigenvalue weighted by atomic mass is 10.1. The average Bonchev–Trinajstić information content (AvgIpc) is 3.08. The van der Waals surface area contributed by atoms with Crippen molar-refractivity contribution in [1.29, 1.82) is 0 Å². The van der Waals surface area contributed by atoms with Crippen LogP contribution in [0.15, 0.2) is 66.7 Å². The summed E-state index contributed by atoms with van der Waals surface area (Å²) in [7, 11) is 0. The van der Waals surface area contributed by atoms with Crippen LogP contribution < -0.4 is 14.2 Å². The molecule has 1 aliphatic rings. The van der Waals surface area contributed by atoms with Crippen molar-refractivity contribution in [2.75, 3.05) is 6.61 Å². The molecule has 6 nitrogen and oxygen atoms in total. The van der Waals surface area contributed by atoms with Gasteiger partial charge in [-0.2, -0.15) is 0 Å². The van der Waals surface area contributed by atoms with E-state index in [9.17, 15) is 9.59 Å². The molecule has 30 heavy (non-hydrogen) atoms. The van der Waals surface area contributed by atoms with Crippen LogP contribution in [0.25, 0.3) is 6.08 Å². The SMILES string of the molecule is CCOc1ccc(/C=C2\Oc3c(ccc(OC(=O)c4ccncc4)c3C)C2=O)cc1. The third-order valence-electron chi connectivity index (χ3n) is 4.64. The first kappa shape index (κ1) is 19.4. The Labute approximate surface area is 173 Å². The number of esters is 1. The number of hydrogen-bond acceptors (Lipinski definition) is 6. The fourth-order valence-electron chi connectivity index (χ4n) is 3.10. The largest absolute Gasteiger partial charge is 0.494 e. The van der Waals surface area contributed by atoms with Crippen LogP contribution in [0.1, 0.15) is 38.8 Å². The standard InChI is InChI=1S/C24H19NO5/c1-3-28-18-6-4-16(5-7-18)14-21-22(26)19-8-9-20(15(2)23(19)29-21)30-24(27)17-10-12-25-13-11-17/h4-14H,3H2,1-2H3/b21-14-. The van der Waals surface area contributed by atoms with E-state index in [0.29, 0.717) is 34.8 Å². The van der Waals surface area contributed by atoms with Crippen LogP contribution in [-0.4, -0.2) is 23.3 Å². The Morgan fingerprint density at radius 3 is 2.50 bits per heavy atom. The van der Waals surface area contributed by atoms with Crippen LogP contribution >= 0.6 is 0 Å². The van der Waals surface area contributed by atoms with Crippen LogP contribution in [-0.2, 0) is 0 Å². The van der Waals surface area contributed by atoms with E-state index in [1.165, 1.54) is 12.4 Å². The van der Waals surface area contributed by atoms with Crippen molar-refractivity contribution in [3.05, 3.63) is 88.9 Å². The third-order valence-corrected chi connectivity index (χ3v) is 4.64. The molecular formula is C24H19NO5. The maximum Gasteiger partial charge on any atom is 0.343 e. The second kappa shape index (κ2) is 8.21. The average molecular weight is 401 g/mol. The zero-order valence-electron chi connectivity index (χ0n) is 16.5. The van der Waals surface area contributed by atoms with Gasteiger partial charge in [0.25, 0.3) is 0 Å². The summed E-state index contributed by atoms with van der Waals surface area (Å²) in [5.74, 6) is 1.000. The van der Waals surface area contributed by atoms with E-state index < -0.39 is 5.97 Å². The molecule has 3 aromatic rings. The Morgan fingerprint density at radius 2 is 1.80 bits per heavy atom. The molecule has 1 aromatic heterocycles. The van der Waals surface area contributed by atoms with E-state index in [1.807, 2.05) is 31.2 Å². The number of aromatic nitrogens is 1. The first-order valence-corrected chi connectivity index (χ1v) is 9.49. The lowest BCUT2D eigenvalue weighted by Gasteiger charge is -2.10. The minimum Gasteiger partial charge on any atom is -0.494 e. The first-order chi connectivity index (χ1) is 14.6. The van der Waals surface area contributed by atoms with Crippen molar-refractivity contribution < 1.29 is 23.8 Å². The zero-order valence-corrected chi connectivity index (χ0v) is 16.5. The Hall–Kier alpha value is -3.93. The number of nitrogens with zero attached hydrogens (tertiary/aromatic N) is 1. The van der Waals surface area contributed by atoms with Gasteiger partial charge >= 0.3 is 5.97 Å². The maximum absolute atomic E-state index is 12.7. The number of ether oxygens (including phenoxy) is 3. The van der Waals surface area contributed by atoms with Crippen LogP contribution in [0.3, 0.4) is 0 Å². The van der Waals surface area contributed by atoms with Crippen molar-refractivity contribution >= 4 is 17.8 Å². The number of rotatable bonds is 5. The molecule has 0 saturated heterocycles. The number of hydrogen-bond donors (Lipinski definition) is 0. The Balaban J connectivity index is 1.57. The quantitative estimate of drug-likeness (QED) is 0.353. The van der Waals surface area contributed by atoms with Gasteiger partial charge in [-0.15, -0.1) is 0 Å². The molecular weight excluding hydrogens is 382 g/mol. The molecule has 0 aliphatic carbocycles. The molecule has 0 atom stereocenters. The molecule has 0 amide bonds. The number of pyridine rings is 1. The second-order valence-corrected chi connectivity index (χ2v) is 6.63. The topological polar surface area (TPSA) is 74.7 Å². The molecule has 0 N–H and O–H groups in total. The van der Waals surface area contributed by atoms with E-state index in [2.05, 4.69) is 4.98 Å². The molecule has 150 valence electrons. The lowest BCUT2D eigenvalue weighted by molar-refractivity contribution is 0.0733. The Bertz CT molecular complexity index is 1130. The van der Waals surface area contributed by atoms with Gasteiger partial charge in [-0.3, -0.25) is 9.78 Å². The van der Waals surface area contributed by atoms with Crippen molar-refractivity contribution in [3.63, 3.8) is 0 Å². The van der Waals surface area contributed by atoms with Crippen LogP contribution in [0, 0.1) is 6.92 Å². The van der Waals surface area contributed by atoms with Crippen molar-refractivity contribution in [2.24, 2.45) is 0 Å². The predicted octanol–water partition coefficient (Wildman–Crippen LogP) is 4.62. The highest BCUT2D eigenvalue weighted by Gasteiger charge is 2.30. The van der Waals surface area contributed by atoms with Gasteiger partial charge in [0.15, 0.2) is 5.76 Å². The number of carbonyl (C=O) groups excluding carboxylic acids is 2. The molecule has 2 heterocycles. The smallest absolute Gasteiger partial charge is 0.343 e. The van der Waals surface area contributed by atoms with Crippen molar-refractivity contribution in [3.8, 4) is 17.2 Å². The summed E-state index contributed by atoms with van der Waals surface area (Å²) in [6.45, 7) is 4.26. The monoisotopic (exact) mass is 401 g/mol. The van der Waals surface area contributed by atoms with Gasteiger partial charge in [0.2, 0.25) is 5.78 Å². The predicted molar refractivity (Wildman–Crippen MR) is 111 cm³/mol. The van der Waals surface area contributed by atoms with Gasteiger partial charge in [0.05, 0.1) is 17.7 Å². The van der Waals surface area contributed by atoms with Crippen molar-refractivity contribution in [2.45, 2.75) is 13.8 Å². The lowest BCUT2D eigenvalue weighted by Crippen LogP contribution is -2.09. The molecule has 0 unspecified atom stereocenters. The molecule has 0 fully saturated rings. The number of Topliss-reactive ketones (excluding diaryl/α,β-unsaturated/α-hetero) is 1. The van der Waals surface area contributed by atoms with Gasteiger partial charge in [0.1, 0.15) is 17.2 Å². The maximum atomic E-state index is 12.7. The fourth-order valence-corrected chi connectivity index (χ4v) is 3.10. The van der Waals surface area contributed by atoms with Crippen LogP contribution in [0.5, 0.6) is 17.2 Å². The van der Waals surface area contributed by atoms with E-state index >= 15 is 0 Å². The number of fused-ring (bicyclic) bond motifs is 1. The highest BCUT2D eigenvalue weighted by molar-refractivity contribution is 6.15. The van der Waals surface area contributed by atoms with Crippen LogP contribution in [0.4, 0.5) is 0 Å². The number of carbonyl (C=O) groups is 2. The molecule has 0 bridgehead atoms. The molecule has 0 saturated carbocycles. The summed E-state index contributed by atoms with van der Waals surface area (Å²) in [5.41, 5.74) is 2.22. The Kier molecular flexibility index (Phi) is 5.30. The van der Waals surface area contributed by atoms with E-state index in [1.54, 1.807) is 37.3 Å². The molecule has 2 aromatic carbocycles. The molecule has 0 spiro atoms. The van der Waals surface area contributed by atoms with Gasteiger partial charge in [-0.05, 0) is 61.9 Å². The summed E-state index contributed by atoms with van der Waals surface area (Å²) in [6.07, 6.45) is 4.72. The van der Waals surface area contributed by atoms with E-state index in [-0.39, 0.29) is 11.5 Å². The molecule has 0 radical (unpaired) electrons. The minimum atomic E-state index is -0.505. The highest BCUT2D eigenvalue weighted by Crippen LogP contribution is 2.39. The molecule has 6 heteroatoms. The minimum absolute atomic E-state index is 0.214. The summed E-state index contributed by atoms with van der Waals surface area (Å²) >= 11 is 0. The first-order valence-electron chi connectivity index (χ1n) is 9.49. The van der Waals surface area contributed by atoms with E-state index in [0.717, 1.165) is 11.3 Å². The van der Waals surface area contributed by atoms with Gasteiger partial charge in [-0.25, -0.2) is 4.79 Å². The van der Waals surface area contributed by atoms with Crippen LogP contribution in [0.2, 0.25) is 0 Å². The number of ketones is 1. The summed E-state index contributed by atoms with van der Waals surface area (Å²) < 4.78 is 16.8. The summed E-state index contributed by atoms with van der Waals surface area (Å²) in [6, 6.07) is 13.7. The van der Waals surface area contributed by atoms with Gasteiger partial charge in [-0.1, -0.05) is 12.1 Å². The van der Waals surface area contributed by atoms with Crippen molar-refractivity contribution in [1.82, 2.24) is 4.98 Å². The number of benzene rings is 2. The Morgan fingerprint density at radius 1 is 1.07 bits per heavy atom. The van der Waals surface area contributed by atoms with Gasteiger partial charge in [0, 0.05) is 18.0 Å². The zero-order chi connectivity index (χ0) is 21.1. The molecule has 4 rings (SSSR count). The van der Waals surface area contributed by atoms with E-state index in [4.69, 9.17) is 14.2 Å². The normalized spacial score (nSPS) is 13.7.